The Morgan fingerprint density at radius 3 is 2.42 bits per heavy atom. The topological polar surface area (TPSA) is 108 Å². The molecule has 4 rings (SSSR count). The number of amides is 1. The molecule has 0 aromatic heterocycles. The van der Waals surface area contributed by atoms with Crippen molar-refractivity contribution in [3.8, 4) is 17.2 Å². The van der Waals surface area contributed by atoms with Crippen molar-refractivity contribution in [2.24, 2.45) is 5.92 Å². The summed E-state index contributed by atoms with van der Waals surface area (Å²) in [5.41, 5.74) is 1.64. The second kappa shape index (κ2) is 12.7. The molecule has 1 amide bonds. The lowest BCUT2D eigenvalue weighted by molar-refractivity contribution is 0.0341. The molecular formula is C30H37N3O6S. The number of ether oxygens (including phenoxy) is 2. The summed E-state index contributed by atoms with van der Waals surface area (Å²) >= 11 is 0. The number of sulfonamides is 1. The van der Waals surface area contributed by atoms with Crippen molar-refractivity contribution >= 4 is 21.6 Å². The molecule has 1 heterocycles. The molecule has 2 N–H and O–H groups in total. The van der Waals surface area contributed by atoms with E-state index >= 15 is 0 Å². The summed E-state index contributed by atoms with van der Waals surface area (Å²) in [5.74, 6) is 1.57. The van der Waals surface area contributed by atoms with Gasteiger partial charge in [-0.15, -0.1) is 0 Å². The van der Waals surface area contributed by atoms with Gasteiger partial charge in [0.15, 0.2) is 0 Å². The third-order valence-electron chi connectivity index (χ3n) is 6.81. The number of benzene rings is 3. The Morgan fingerprint density at radius 1 is 1.10 bits per heavy atom. The largest absolute Gasteiger partial charge is 0.488 e. The second-order valence-corrected chi connectivity index (χ2v) is 12.2. The lowest BCUT2D eigenvalue weighted by Crippen LogP contribution is -2.49. The molecular weight excluding hydrogens is 530 g/mol. The summed E-state index contributed by atoms with van der Waals surface area (Å²) in [6.45, 7) is 5.28. The van der Waals surface area contributed by atoms with Crippen LogP contribution in [0.3, 0.4) is 0 Å². The van der Waals surface area contributed by atoms with Crippen LogP contribution < -0.4 is 14.2 Å². The molecule has 0 saturated heterocycles. The third kappa shape index (κ3) is 7.74. The maximum atomic E-state index is 13.5. The molecule has 0 radical (unpaired) electrons. The summed E-state index contributed by atoms with van der Waals surface area (Å²) in [6.07, 6.45) is 0.791. The number of carbonyl (C=O) groups is 1. The number of aliphatic hydroxyl groups excluding tert-OH is 1. The van der Waals surface area contributed by atoms with Crippen LogP contribution >= 0.6 is 0 Å². The third-order valence-corrected chi connectivity index (χ3v) is 7.42. The van der Waals surface area contributed by atoms with Gasteiger partial charge in [-0.25, -0.2) is 8.42 Å². The number of nitrogens with zero attached hydrogens (tertiary/aromatic N) is 2. The van der Waals surface area contributed by atoms with Crippen molar-refractivity contribution in [3.05, 3.63) is 83.9 Å². The van der Waals surface area contributed by atoms with Crippen LogP contribution in [0.5, 0.6) is 17.2 Å². The van der Waals surface area contributed by atoms with Crippen molar-refractivity contribution in [1.29, 1.82) is 0 Å². The summed E-state index contributed by atoms with van der Waals surface area (Å²) in [6, 6.07) is 21.9. The van der Waals surface area contributed by atoms with Crippen molar-refractivity contribution in [3.63, 3.8) is 0 Å². The van der Waals surface area contributed by atoms with Gasteiger partial charge in [0.25, 0.3) is 5.91 Å². The van der Waals surface area contributed by atoms with Crippen molar-refractivity contribution in [1.82, 2.24) is 9.80 Å². The number of likely N-dealkylation sites (N-methyl/N-ethyl adjacent to an activating group) is 1. The van der Waals surface area contributed by atoms with E-state index in [0.717, 1.165) is 23.3 Å². The number of hydrogen-bond donors (Lipinski definition) is 2. The lowest BCUT2D eigenvalue weighted by Gasteiger charge is -2.38. The average Bonchev–Trinajstić information content (AvgIpc) is 2.91. The minimum Gasteiger partial charge on any atom is -0.488 e. The highest BCUT2D eigenvalue weighted by molar-refractivity contribution is 7.92. The van der Waals surface area contributed by atoms with Crippen LogP contribution in [0.1, 0.15) is 29.8 Å². The first-order chi connectivity index (χ1) is 19.0. The van der Waals surface area contributed by atoms with Gasteiger partial charge in [-0.05, 0) is 62.0 Å². The normalized spacial score (nSPS) is 18.4. The zero-order valence-electron chi connectivity index (χ0n) is 23.3. The highest BCUT2D eigenvalue weighted by atomic mass is 32.2. The highest BCUT2D eigenvalue weighted by Gasteiger charge is 2.33. The number of carbonyl (C=O) groups excluding carboxylic acids is 1. The standard InChI is InChI=1S/C30H37N3O6S/c1-21-17-33(22(2)20-34)30(35)27-16-24(31-40(4,36)37)12-15-28(27)39-29(21)19-32(3)18-23-10-13-26(14-11-23)38-25-8-6-5-7-9-25/h5-16,21-22,29,31,34H,17-20H2,1-4H3/t21-,22+,29-/m1/s1. The Kier molecular flexibility index (Phi) is 9.34. The number of rotatable bonds is 10. The van der Waals surface area contributed by atoms with Gasteiger partial charge in [0.05, 0.1) is 24.5 Å². The molecule has 0 bridgehead atoms. The molecule has 3 aromatic rings. The average molecular weight is 568 g/mol. The number of aliphatic hydroxyl groups is 1. The maximum absolute atomic E-state index is 13.5. The predicted octanol–water partition coefficient (Wildman–Crippen LogP) is 4.20. The van der Waals surface area contributed by atoms with E-state index in [1.54, 1.807) is 24.0 Å². The molecule has 0 saturated carbocycles. The fourth-order valence-corrected chi connectivity index (χ4v) is 5.24. The Balaban J connectivity index is 1.50. The lowest BCUT2D eigenvalue weighted by atomic mass is 9.99. The van der Waals surface area contributed by atoms with Gasteiger partial charge in [-0.2, -0.15) is 0 Å². The van der Waals surface area contributed by atoms with E-state index in [2.05, 4.69) is 9.62 Å². The Morgan fingerprint density at radius 2 is 1.77 bits per heavy atom. The molecule has 1 aliphatic rings. The first-order valence-electron chi connectivity index (χ1n) is 13.2. The monoisotopic (exact) mass is 567 g/mol. The minimum atomic E-state index is -3.53. The molecule has 3 aromatic carbocycles. The molecule has 0 fully saturated rings. The quantitative estimate of drug-likeness (QED) is 0.378. The van der Waals surface area contributed by atoms with Crippen LogP contribution in [0, 0.1) is 5.92 Å². The van der Waals surface area contributed by atoms with Crippen LogP contribution in [0.15, 0.2) is 72.8 Å². The van der Waals surface area contributed by atoms with Gasteiger partial charge < -0.3 is 19.5 Å². The zero-order valence-corrected chi connectivity index (χ0v) is 24.1. The van der Waals surface area contributed by atoms with Crippen LogP contribution in [-0.2, 0) is 16.6 Å². The number of anilines is 1. The SMILES string of the molecule is C[C@@H]1CN([C@@H](C)CO)C(=O)c2cc(NS(C)(=O)=O)ccc2O[C@@H]1CN(C)Cc1ccc(Oc2ccccc2)cc1. The molecule has 3 atom stereocenters. The van der Waals surface area contributed by atoms with Crippen molar-refractivity contribution in [2.75, 3.05) is 37.7 Å². The van der Waals surface area contributed by atoms with E-state index < -0.39 is 16.1 Å². The number of nitrogens with one attached hydrogen (secondary N) is 1. The number of hydrogen-bond acceptors (Lipinski definition) is 7. The smallest absolute Gasteiger partial charge is 0.258 e. The Labute approximate surface area is 236 Å². The van der Waals surface area contributed by atoms with Crippen LogP contribution in [-0.4, -0.2) is 74.4 Å². The molecule has 214 valence electrons. The molecule has 0 spiro atoms. The van der Waals surface area contributed by atoms with Crippen LogP contribution in [0.4, 0.5) is 5.69 Å². The van der Waals surface area contributed by atoms with E-state index in [4.69, 9.17) is 9.47 Å². The summed E-state index contributed by atoms with van der Waals surface area (Å²) in [7, 11) is -1.51. The van der Waals surface area contributed by atoms with Crippen molar-refractivity contribution < 1.29 is 27.8 Å². The molecule has 1 aliphatic heterocycles. The van der Waals surface area contributed by atoms with E-state index in [1.165, 1.54) is 6.07 Å². The Bertz CT molecular complexity index is 1400. The minimum absolute atomic E-state index is 0.0379. The van der Waals surface area contributed by atoms with Gasteiger partial charge >= 0.3 is 0 Å². The van der Waals surface area contributed by atoms with E-state index in [0.29, 0.717) is 25.4 Å². The molecule has 0 aliphatic carbocycles. The summed E-state index contributed by atoms with van der Waals surface area (Å²) in [4.78, 5) is 17.3. The Hall–Kier alpha value is -3.60. The first kappa shape index (κ1) is 29.4. The van der Waals surface area contributed by atoms with E-state index in [-0.39, 0.29) is 35.8 Å². The predicted molar refractivity (Wildman–Crippen MR) is 155 cm³/mol. The molecule has 0 unspecified atom stereocenters. The fourth-order valence-electron chi connectivity index (χ4n) is 4.69. The van der Waals surface area contributed by atoms with Crippen LogP contribution in [0.25, 0.3) is 0 Å². The maximum Gasteiger partial charge on any atom is 0.258 e. The molecule has 10 heteroatoms. The summed E-state index contributed by atoms with van der Waals surface area (Å²) < 4.78 is 38.3. The van der Waals surface area contributed by atoms with E-state index in [1.807, 2.05) is 68.6 Å². The van der Waals surface area contributed by atoms with Gasteiger partial charge in [0, 0.05) is 31.2 Å². The molecule has 40 heavy (non-hydrogen) atoms. The summed E-state index contributed by atoms with van der Waals surface area (Å²) in [5, 5.41) is 9.85. The van der Waals surface area contributed by atoms with Crippen molar-refractivity contribution in [2.45, 2.75) is 32.5 Å². The molecule has 9 nitrogen and oxygen atoms in total. The zero-order chi connectivity index (χ0) is 28.9. The number of para-hydroxylation sites is 1. The number of fused-ring (bicyclic) bond motifs is 1. The van der Waals surface area contributed by atoms with Gasteiger partial charge in [0.1, 0.15) is 23.4 Å². The van der Waals surface area contributed by atoms with Gasteiger partial charge in [-0.3, -0.25) is 14.4 Å². The van der Waals surface area contributed by atoms with Gasteiger partial charge in [-0.1, -0.05) is 37.3 Å². The van der Waals surface area contributed by atoms with Crippen LogP contribution in [0.2, 0.25) is 0 Å². The second-order valence-electron chi connectivity index (χ2n) is 10.5. The van der Waals surface area contributed by atoms with Gasteiger partial charge in [0.2, 0.25) is 10.0 Å². The first-order valence-corrected chi connectivity index (χ1v) is 15.1. The fraction of sp³-hybridized carbons (Fsp3) is 0.367. The van der Waals surface area contributed by atoms with E-state index in [9.17, 15) is 18.3 Å². The highest BCUT2D eigenvalue weighted by Crippen LogP contribution is 2.31.